The molecule has 1 aromatic rings. The first-order valence-electron chi connectivity index (χ1n) is 8.46. The van der Waals surface area contributed by atoms with Crippen LogP contribution in [0.5, 0.6) is 5.75 Å². The van der Waals surface area contributed by atoms with Crippen LogP contribution in [0.25, 0.3) is 0 Å². The fourth-order valence-corrected chi connectivity index (χ4v) is 2.82. The number of carbonyl (C=O) groups excluding carboxylic acids is 1. The van der Waals surface area contributed by atoms with Crippen LogP contribution in [0.4, 0.5) is 5.69 Å². The topological polar surface area (TPSA) is 55.6 Å². The van der Waals surface area contributed by atoms with Crippen molar-refractivity contribution in [1.82, 2.24) is 0 Å². The predicted molar refractivity (Wildman–Crippen MR) is 90.2 cm³/mol. The quantitative estimate of drug-likeness (QED) is 0.780. The smallest absolute Gasteiger partial charge is 0.267 e. The van der Waals surface area contributed by atoms with Crippen LogP contribution in [0.2, 0.25) is 0 Å². The van der Waals surface area contributed by atoms with Crippen molar-refractivity contribution in [3.8, 4) is 5.75 Å². The number of amides is 1. The molecule has 122 valence electrons. The Morgan fingerprint density at radius 3 is 2.73 bits per heavy atom. The number of unbranched alkanes of at least 4 members (excludes halogenated alkanes) is 3. The highest BCUT2D eigenvalue weighted by Gasteiger charge is 2.31. The zero-order valence-corrected chi connectivity index (χ0v) is 14.0. The van der Waals surface area contributed by atoms with Gasteiger partial charge in [0.15, 0.2) is 6.10 Å². The molecule has 22 heavy (non-hydrogen) atoms. The average Bonchev–Trinajstić information content (AvgIpc) is 2.53. The zero-order chi connectivity index (χ0) is 16.1. The number of nitrogens with two attached hydrogens (primary N) is 1. The summed E-state index contributed by atoms with van der Waals surface area (Å²) in [5.41, 5.74) is 8.07. The van der Waals surface area contributed by atoms with E-state index in [9.17, 15) is 4.79 Å². The molecular formula is C18H28N2O2. The number of rotatable bonds is 7. The summed E-state index contributed by atoms with van der Waals surface area (Å²) in [6.07, 6.45) is 5.04. The van der Waals surface area contributed by atoms with Gasteiger partial charge in [-0.15, -0.1) is 0 Å². The van der Waals surface area contributed by atoms with Crippen LogP contribution in [0.3, 0.4) is 0 Å². The number of anilines is 1. The van der Waals surface area contributed by atoms with E-state index in [0.29, 0.717) is 0 Å². The molecule has 0 saturated heterocycles. The number of ether oxygens (including phenoxy) is 1. The number of fused-ring (bicyclic) bond motifs is 1. The maximum atomic E-state index is 12.5. The molecule has 0 saturated carbocycles. The highest BCUT2D eigenvalue weighted by Crippen LogP contribution is 2.36. The summed E-state index contributed by atoms with van der Waals surface area (Å²) in [4.78, 5) is 14.4. The van der Waals surface area contributed by atoms with Crippen LogP contribution in [0.1, 0.15) is 64.5 Å². The molecule has 0 bridgehead atoms. The Balaban J connectivity index is 2.23. The molecule has 4 nitrogen and oxygen atoms in total. The molecule has 1 aliphatic rings. The Morgan fingerprint density at radius 1 is 1.27 bits per heavy atom. The Hall–Kier alpha value is -1.55. The third kappa shape index (κ3) is 3.61. The lowest BCUT2D eigenvalue weighted by Crippen LogP contribution is -2.45. The van der Waals surface area contributed by atoms with Crippen LogP contribution < -0.4 is 15.4 Å². The van der Waals surface area contributed by atoms with Crippen LogP contribution in [-0.4, -0.2) is 18.6 Å². The Morgan fingerprint density at radius 2 is 2.05 bits per heavy atom. The number of carbonyl (C=O) groups is 1. The van der Waals surface area contributed by atoms with Gasteiger partial charge in [-0.1, -0.05) is 39.2 Å². The summed E-state index contributed by atoms with van der Waals surface area (Å²) in [7, 11) is 0. The van der Waals surface area contributed by atoms with Crippen molar-refractivity contribution in [2.45, 2.75) is 65.0 Å². The second-order valence-electron chi connectivity index (χ2n) is 6.05. The van der Waals surface area contributed by atoms with Gasteiger partial charge in [0.25, 0.3) is 5.91 Å². The van der Waals surface area contributed by atoms with Gasteiger partial charge in [0, 0.05) is 12.6 Å². The van der Waals surface area contributed by atoms with Gasteiger partial charge in [0.1, 0.15) is 5.75 Å². The molecule has 0 radical (unpaired) electrons. The fourth-order valence-electron chi connectivity index (χ4n) is 2.82. The minimum Gasteiger partial charge on any atom is -0.479 e. The SMILES string of the molecule is CCCCCCN1C(=O)C(C)Oc2ccc(C(N)CC)cc21. The number of nitrogens with zero attached hydrogens (tertiary/aromatic N) is 1. The van der Waals surface area contributed by atoms with Crippen molar-refractivity contribution in [3.63, 3.8) is 0 Å². The Kier molecular flexibility index (Phi) is 5.83. The van der Waals surface area contributed by atoms with E-state index in [1.54, 1.807) is 0 Å². The van der Waals surface area contributed by atoms with E-state index < -0.39 is 6.10 Å². The first-order chi connectivity index (χ1) is 10.6. The summed E-state index contributed by atoms with van der Waals surface area (Å²) in [6.45, 7) is 6.83. The summed E-state index contributed by atoms with van der Waals surface area (Å²) in [5.74, 6) is 0.834. The lowest BCUT2D eigenvalue weighted by atomic mass is 10.0. The van der Waals surface area contributed by atoms with Crippen molar-refractivity contribution >= 4 is 11.6 Å². The molecule has 4 heteroatoms. The van der Waals surface area contributed by atoms with Gasteiger partial charge in [-0.2, -0.15) is 0 Å². The maximum Gasteiger partial charge on any atom is 0.267 e. The fraction of sp³-hybridized carbons (Fsp3) is 0.611. The van der Waals surface area contributed by atoms with Crippen LogP contribution in [-0.2, 0) is 4.79 Å². The molecule has 0 spiro atoms. The van der Waals surface area contributed by atoms with Gasteiger partial charge in [-0.25, -0.2) is 0 Å². The van der Waals surface area contributed by atoms with Crippen LogP contribution in [0.15, 0.2) is 18.2 Å². The van der Waals surface area contributed by atoms with E-state index in [0.717, 1.165) is 42.8 Å². The maximum absolute atomic E-state index is 12.5. The third-order valence-corrected chi connectivity index (χ3v) is 4.29. The highest BCUT2D eigenvalue weighted by molar-refractivity contribution is 5.99. The normalized spacial score (nSPS) is 18.8. The first kappa shape index (κ1) is 16.8. The summed E-state index contributed by atoms with van der Waals surface area (Å²) < 4.78 is 5.74. The van der Waals surface area contributed by atoms with E-state index in [-0.39, 0.29) is 11.9 Å². The lowest BCUT2D eigenvalue weighted by molar-refractivity contribution is -0.125. The monoisotopic (exact) mass is 304 g/mol. The van der Waals surface area contributed by atoms with Crippen molar-refractivity contribution in [2.75, 3.05) is 11.4 Å². The minimum atomic E-state index is -0.413. The van der Waals surface area contributed by atoms with E-state index in [4.69, 9.17) is 10.5 Å². The standard InChI is InChI=1S/C18H28N2O2/c1-4-6-7-8-11-20-16-12-14(15(19)5-2)9-10-17(16)22-13(3)18(20)21/h9-10,12-13,15H,4-8,11,19H2,1-3H3. The van der Waals surface area contributed by atoms with Crippen LogP contribution in [0, 0.1) is 0 Å². The van der Waals surface area contributed by atoms with Gasteiger partial charge in [-0.05, 0) is 37.5 Å². The van der Waals surface area contributed by atoms with Gasteiger partial charge in [0.2, 0.25) is 0 Å². The lowest BCUT2D eigenvalue weighted by Gasteiger charge is -2.33. The second kappa shape index (κ2) is 7.63. The van der Waals surface area contributed by atoms with Gasteiger partial charge < -0.3 is 15.4 Å². The molecular weight excluding hydrogens is 276 g/mol. The first-order valence-corrected chi connectivity index (χ1v) is 8.46. The molecule has 2 atom stereocenters. The zero-order valence-electron chi connectivity index (χ0n) is 14.0. The van der Waals surface area contributed by atoms with E-state index in [2.05, 4.69) is 13.8 Å². The number of hydrogen-bond acceptors (Lipinski definition) is 3. The molecule has 0 aromatic heterocycles. The molecule has 2 rings (SSSR count). The van der Waals surface area contributed by atoms with E-state index >= 15 is 0 Å². The number of hydrogen-bond donors (Lipinski definition) is 1. The van der Waals surface area contributed by atoms with Crippen molar-refractivity contribution in [1.29, 1.82) is 0 Å². The molecule has 1 amide bonds. The van der Waals surface area contributed by atoms with Crippen molar-refractivity contribution in [2.24, 2.45) is 5.73 Å². The molecule has 1 aliphatic heterocycles. The largest absolute Gasteiger partial charge is 0.479 e. The van der Waals surface area contributed by atoms with Gasteiger partial charge >= 0.3 is 0 Å². The van der Waals surface area contributed by atoms with E-state index in [1.807, 2.05) is 30.0 Å². The highest BCUT2D eigenvalue weighted by atomic mass is 16.5. The van der Waals surface area contributed by atoms with Gasteiger partial charge in [0.05, 0.1) is 5.69 Å². The molecule has 0 aliphatic carbocycles. The van der Waals surface area contributed by atoms with E-state index in [1.165, 1.54) is 12.8 Å². The molecule has 2 unspecified atom stereocenters. The van der Waals surface area contributed by atoms with Crippen molar-refractivity contribution in [3.05, 3.63) is 23.8 Å². The summed E-state index contributed by atoms with van der Waals surface area (Å²) >= 11 is 0. The third-order valence-electron chi connectivity index (χ3n) is 4.29. The summed E-state index contributed by atoms with van der Waals surface area (Å²) in [6, 6.07) is 5.97. The Labute approximate surface area is 133 Å². The second-order valence-corrected chi connectivity index (χ2v) is 6.05. The van der Waals surface area contributed by atoms with Crippen molar-refractivity contribution < 1.29 is 9.53 Å². The van der Waals surface area contributed by atoms with Gasteiger partial charge in [-0.3, -0.25) is 4.79 Å². The molecule has 1 heterocycles. The predicted octanol–water partition coefficient (Wildman–Crippen LogP) is 3.79. The number of benzene rings is 1. The molecule has 1 aromatic carbocycles. The summed E-state index contributed by atoms with van der Waals surface area (Å²) in [5, 5.41) is 0. The molecule has 0 fully saturated rings. The van der Waals surface area contributed by atoms with Crippen LogP contribution >= 0.6 is 0 Å². The average molecular weight is 304 g/mol. The molecule has 2 N–H and O–H groups in total. The minimum absolute atomic E-state index is 0.00157. The Bertz CT molecular complexity index is 516.